The first-order chi connectivity index (χ1) is 7.63. The third kappa shape index (κ3) is 3.86. The molecule has 0 aliphatic heterocycles. The highest BCUT2D eigenvalue weighted by atomic mass is 32.2. The molecule has 0 aliphatic rings. The Kier molecular flexibility index (Phi) is 4.05. The van der Waals surface area contributed by atoms with Crippen LogP contribution in [0.25, 0.3) is 0 Å². The highest BCUT2D eigenvalue weighted by Crippen LogP contribution is 2.26. The van der Waals surface area contributed by atoms with Crippen LogP contribution in [-0.2, 0) is 10.0 Å². The van der Waals surface area contributed by atoms with Crippen LogP contribution in [-0.4, -0.2) is 32.5 Å². The fraction of sp³-hybridized carbons (Fsp3) is 0.500. The van der Waals surface area contributed by atoms with Gasteiger partial charge in [0.25, 0.3) is 10.0 Å². The number of rotatable bonds is 4. The van der Waals surface area contributed by atoms with Crippen molar-refractivity contribution in [3.8, 4) is 0 Å². The minimum Gasteiger partial charge on any atom is -0.398 e. The standard InChI is InChI=1S/C8H11F3N2O2S2/c1-13(3-2-8(9,10)11)17(14,15)7-4-6(12)5-16-7/h4-5H,2-3,12H2,1H3. The van der Waals surface area contributed by atoms with Gasteiger partial charge in [0.05, 0.1) is 6.42 Å². The number of alkyl halides is 3. The molecule has 1 aromatic heterocycles. The van der Waals surface area contributed by atoms with Crippen LogP contribution in [0.2, 0.25) is 0 Å². The van der Waals surface area contributed by atoms with E-state index in [2.05, 4.69) is 0 Å². The summed E-state index contributed by atoms with van der Waals surface area (Å²) in [4.78, 5) is 0. The summed E-state index contributed by atoms with van der Waals surface area (Å²) in [6.07, 6.45) is -5.55. The summed E-state index contributed by atoms with van der Waals surface area (Å²) < 4.78 is 60.1. The normalized spacial score (nSPS) is 13.2. The van der Waals surface area contributed by atoms with Crippen molar-refractivity contribution in [2.75, 3.05) is 19.3 Å². The Morgan fingerprint density at radius 1 is 1.47 bits per heavy atom. The van der Waals surface area contributed by atoms with E-state index >= 15 is 0 Å². The maximum absolute atomic E-state index is 12.0. The van der Waals surface area contributed by atoms with Crippen molar-refractivity contribution in [2.24, 2.45) is 0 Å². The molecule has 2 N–H and O–H groups in total. The van der Waals surface area contributed by atoms with Gasteiger partial charge in [-0.15, -0.1) is 11.3 Å². The maximum atomic E-state index is 12.0. The lowest BCUT2D eigenvalue weighted by molar-refractivity contribution is -0.135. The van der Waals surface area contributed by atoms with Crippen LogP contribution >= 0.6 is 11.3 Å². The summed E-state index contributed by atoms with van der Waals surface area (Å²) in [5.41, 5.74) is 5.64. The van der Waals surface area contributed by atoms with Gasteiger partial charge in [-0.05, 0) is 6.07 Å². The number of thiophene rings is 1. The highest BCUT2D eigenvalue weighted by molar-refractivity contribution is 7.91. The van der Waals surface area contributed by atoms with Gasteiger partial charge >= 0.3 is 6.18 Å². The van der Waals surface area contributed by atoms with Gasteiger partial charge in [-0.25, -0.2) is 8.42 Å². The van der Waals surface area contributed by atoms with Crippen LogP contribution < -0.4 is 5.73 Å². The van der Waals surface area contributed by atoms with Gasteiger partial charge < -0.3 is 5.73 Å². The molecule has 0 aromatic carbocycles. The predicted molar refractivity (Wildman–Crippen MR) is 59.2 cm³/mol. The lowest BCUT2D eigenvalue weighted by atomic mass is 10.4. The number of halogens is 3. The molecule has 17 heavy (non-hydrogen) atoms. The Balaban J connectivity index is 2.78. The molecule has 1 rings (SSSR count). The topological polar surface area (TPSA) is 63.4 Å². The monoisotopic (exact) mass is 288 g/mol. The lowest BCUT2D eigenvalue weighted by Gasteiger charge is -2.16. The largest absolute Gasteiger partial charge is 0.398 e. The van der Waals surface area contributed by atoms with E-state index in [1.54, 1.807) is 0 Å². The highest BCUT2D eigenvalue weighted by Gasteiger charge is 2.30. The van der Waals surface area contributed by atoms with Crippen molar-refractivity contribution in [2.45, 2.75) is 16.8 Å². The Morgan fingerprint density at radius 3 is 2.47 bits per heavy atom. The molecule has 98 valence electrons. The fourth-order valence-corrected chi connectivity index (χ4v) is 3.48. The van der Waals surface area contributed by atoms with Gasteiger partial charge in [0.2, 0.25) is 0 Å². The summed E-state index contributed by atoms with van der Waals surface area (Å²) in [6, 6.07) is 1.23. The summed E-state index contributed by atoms with van der Waals surface area (Å²) >= 11 is 0.882. The van der Waals surface area contributed by atoms with E-state index in [-0.39, 0.29) is 9.90 Å². The first-order valence-corrected chi connectivity index (χ1v) is 6.82. The van der Waals surface area contributed by atoms with Gasteiger partial charge in [0, 0.05) is 24.7 Å². The van der Waals surface area contributed by atoms with Crippen LogP contribution in [0.4, 0.5) is 18.9 Å². The van der Waals surface area contributed by atoms with Crippen molar-refractivity contribution < 1.29 is 21.6 Å². The smallest absolute Gasteiger partial charge is 0.390 e. The molecule has 9 heteroatoms. The Morgan fingerprint density at radius 2 is 2.06 bits per heavy atom. The van der Waals surface area contributed by atoms with E-state index in [0.29, 0.717) is 4.31 Å². The number of nitrogen functional groups attached to an aromatic ring is 1. The number of nitrogens with two attached hydrogens (primary N) is 1. The van der Waals surface area contributed by atoms with Crippen molar-refractivity contribution in [1.29, 1.82) is 0 Å². The molecule has 0 bridgehead atoms. The van der Waals surface area contributed by atoms with E-state index in [1.165, 1.54) is 11.4 Å². The minimum absolute atomic E-state index is 0.0559. The summed E-state index contributed by atoms with van der Waals surface area (Å²) in [5, 5.41) is 1.42. The van der Waals surface area contributed by atoms with Crippen molar-refractivity contribution >= 4 is 27.0 Å². The lowest BCUT2D eigenvalue weighted by Crippen LogP contribution is -2.30. The third-order valence-corrected chi connectivity index (χ3v) is 5.26. The van der Waals surface area contributed by atoms with Crippen molar-refractivity contribution in [3.63, 3.8) is 0 Å². The zero-order chi connectivity index (χ0) is 13.3. The van der Waals surface area contributed by atoms with Gasteiger partial charge in [0.15, 0.2) is 0 Å². The molecule has 0 unspecified atom stereocenters. The molecule has 0 atom stereocenters. The fourth-order valence-electron chi connectivity index (χ4n) is 1.02. The summed E-state index contributed by atoms with van der Waals surface area (Å²) in [7, 11) is -2.76. The second-order valence-electron chi connectivity index (χ2n) is 3.39. The first-order valence-electron chi connectivity index (χ1n) is 4.50. The van der Waals surface area contributed by atoms with Gasteiger partial charge in [-0.1, -0.05) is 0 Å². The van der Waals surface area contributed by atoms with Crippen LogP contribution in [0.3, 0.4) is 0 Å². The number of sulfonamides is 1. The number of anilines is 1. The maximum Gasteiger partial charge on any atom is 0.390 e. The van der Waals surface area contributed by atoms with Crippen LogP contribution in [0.1, 0.15) is 6.42 Å². The molecule has 0 fully saturated rings. The number of hydrogen-bond donors (Lipinski definition) is 1. The van der Waals surface area contributed by atoms with Crippen LogP contribution in [0.5, 0.6) is 0 Å². The van der Waals surface area contributed by atoms with E-state index in [9.17, 15) is 21.6 Å². The van der Waals surface area contributed by atoms with Gasteiger partial charge in [0.1, 0.15) is 4.21 Å². The van der Waals surface area contributed by atoms with E-state index < -0.39 is 29.2 Å². The molecular weight excluding hydrogens is 277 g/mol. The molecule has 1 aromatic rings. The average molecular weight is 288 g/mol. The number of nitrogens with zero attached hydrogens (tertiary/aromatic N) is 1. The van der Waals surface area contributed by atoms with Gasteiger partial charge in [-0.2, -0.15) is 17.5 Å². The summed E-state index contributed by atoms with van der Waals surface area (Å²) in [6.45, 7) is -0.608. The zero-order valence-electron chi connectivity index (χ0n) is 8.86. The molecule has 0 spiro atoms. The molecule has 0 saturated heterocycles. The van der Waals surface area contributed by atoms with E-state index in [4.69, 9.17) is 5.73 Å². The molecule has 0 radical (unpaired) electrons. The second kappa shape index (κ2) is 4.83. The van der Waals surface area contributed by atoms with Crippen molar-refractivity contribution in [1.82, 2.24) is 4.31 Å². The first kappa shape index (κ1) is 14.3. The zero-order valence-corrected chi connectivity index (χ0v) is 10.5. The molecule has 4 nitrogen and oxygen atoms in total. The second-order valence-corrected chi connectivity index (χ2v) is 6.57. The van der Waals surface area contributed by atoms with Crippen molar-refractivity contribution in [3.05, 3.63) is 11.4 Å². The quantitative estimate of drug-likeness (QED) is 0.920. The van der Waals surface area contributed by atoms with Crippen LogP contribution in [0, 0.1) is 0 Å². The molecule has 1 heterocycles. The average Bonchev–Trinajstić information content (AvgIpc) is 2.60. The van der Waals surface area contributed by atoms with E-state index in [0.717, 1.165) is 18.4 Å². The third-order valence-electron chi connectivity index (χ3n) is 1.97. The summed E-state index contributed by atoms with van der Waals surface area (Å²) in [5.74, 6) is 0. The molecule has 0 amide bonds. The Labute approximate surface area is 101 Å². The molecule has 0 saturated carbocycles. The predicted octanol–water partition coefficient (Wildman–Crippen LogP) is 1.90. The SMILES string of the molecule is CN(CCC(F)(F)F)S(=O)(=O)c1cc(N)cs1. The Bertz CT molecular complexity index is 481. The molecule has 0 aliphatic carbocycles. The molecular formula is C8H11F3N2O2S2. The number of hydrogen-bond acceptors (Lipinski definition) is 4. The minimum atomic E-state index is -4.38. The van der Waals surface area contributed by atoms with Crippen LogP contribution in [0.15, 0.2) is 15.7 Å². The van der Waals surface area contributed by atoms with Gasteiger partial charge in [-0.3, -0.25) is 0 Å². The Hall–Kier alpha value is -0.800. The van der Waals surface area contributed by atoms with E-state index in [1.807, 2.05) is 0 Å².